The van der Waals surface area contributed by atoms with Gasteiger partial charge in [-0.3, -0.25) is 9.59 Å². The van der Waals surface area contributed by atoms with Crippen LogP contribution in [0.25, 0.3) is 6.08 Å². The molecule has 2 amide bonds. The summed E-state index contributed by atoms with van der Waals surface area (Å²) in [4.78, 5) is 25.5. The van der Waals surface area contributed by atoms with E-state index in [9.17, 15) is 14.7 Å². The highest BCUT2D eigenvalue weighted by Crippen LogP contribution is 2.33. The van der Waals surface area contributed by atoms with Gasteiger partial charge in [0.05, 0.1) is 6.21 Å². The Morgan fingerprint density at radius 2 is 1.79 bits per heavy atom. The van der Waals surface area contributed by atoms with Crippen LogP contribution in [0.2, 0.25) is 0 Å². The zero-order valence-corrected chi connectivity index (χ0v) is 18.7. The monoisotopic (exact) mass is 507 g/mol. The number of hydrogen-bond acceptors (Lipinski definition) is 6. The molecule has 166 valence electrons. The second-order valence-electron chi connectivity index (χ2n) is 6.89. The van der Waals surface area contributed by atoms with Crippen molar-refractivity contribution in [1.82, 2.24) is 10.7 Å². The minimum atomic E-state index is -0.650. The smallest absolute Gasteiger partial charge is 0.287 e. The highest BCUT2D eigenvalue weighted by molar-refractivity contribution is 9.10. The van der Waals surface area contributed by atoms with Crippen molar-refractivity contribution in [1.29, 1.82) is 0 Å². The van der Waals surface area contributed by atoms with E-state index in [0.717, 1.165) is 4.47 Å². The Morgan fingerprint density at radius 3 is 2.61 bits per heavy atom. The number of carbonyl (C=O) groups is 2. The fourth-order valence-corrected chi connectivity index (χ4v) is 3.34. The molecule has 33 heavy (non-hydrogen) atoms. The lowest BCUT2D eigenvalue weighted by atomic mass is 10.1. The van der Waals surface area contributed by atoms with Gasteiger partial charge in [0.2, 0.25) is 6.79 Å². The number of carbonyl (C=O) groups excluding carboxylic acids is 2. The van der Waals surface area contributed by atoms with E-state index in [1.807, 2.05) is 0 Å². The first kappa shape index (κ1) is 22.1. The van der Waals surface area contributed by atoms with Crippen LogP contribution in [0.5, 0.6) is 17.2 Å². The van der Waals surface area contributed by atoms with E-state index in [1.54, 1.807) is 60.7 Å². The number of rotatable bonds is 6. The van der Waals surface area contributed by atoms with Crippen LogP contribution in [-0.2, 0) is 4.79 Å². The number of ether oxygens (including phenoxy) is 2. The number of nitrogens with zero attached hydrogens (tertiary/aromatic N) is 1. The van der Waals surface area contributed by atoms with Gasteiger partial charge >= 0.3 is 0 Å². The Kier molecular flexibility index (Phi) is 6.70. The van der Waals surface area contributed by atoms with Crippen LogP contribution in [-0.4, -0.2) is 29.9 Å². The number of nitrogens with one attached hydrogen (secondary N) is 2. The average Bonchev–Trinajstić information content (AvgIpc) is 3.29. The first-order valence-corrected chi connectivity index (χ1v) is 10.6. The molecular weight excluding hydrogens is 490 g/mol. The molecule has 0 saturated carbocycles. The highest BCUT2D eigenvalue weighted by atomic mass is 79.9. The summed E-state index contributed by atoms with van der Waals surface area (Å²) in [5.41, 5.74) is 3.76. The first-order chi connectivity index (χ1) is 16.0. The maximum absolute atomic E-state index is 12.9. The van der Waals surface area contributed by atoms with E-state index < -0.39 is 11.8 Å². The van der Waals surface area contributed by atoms with Gasteiger partial charge < -0.3 is 19.9 Å². The van der Waals surface area contributed by atoms with E-state index in [-0.39, 0.29) is 18.2 Å². The number of hydrazone groups is 1. The molecule has 0 aliphatic carbocycles. The summed E-state index contributed by atoms with van der Waals surface area (Å²) >= 11 is 3.31. The van der Waals surface area contributed by atoms with Crippen LogP contribution in [0.15, 0.2) is 82.0 Å². The molecule has 1 heterocycles. The molecule has 8 nitrogen and oxygen atoms in total. The summed E-state index contributed by atoms with van der Waals surface area (Å²) in [6.45, 7) is 0.123. The molecule has 3 N–H and O–H groups in total. The number of fused-ring (bicyclic) bond motifs is 1. The van der Waals surface area contributed by atoms with Crippen molar-refractivity contribution < 1.29 is 24.2 Å². The lowest BCUT2D eigenvalue weighted by Crippen LogP contribution is -2.32. The van der Waals surface area contributed by atoms with Gasteiger partial charge in [-0.15, -0.1) is 0 Å². The second-order valence-corrected chi connectivity index (χ2v) is 7.81. The molecular formula is C24H18BrN3O5. The van der Waals surface area contributed by atoms with E-state index in [4.69, 9.17) is 9.47 Å². The fraction of sp³-hybridized carbons (Fsp3) is 0.0417. The van der Waals surface area contributed by atoms with Crippen molar-refractivity contribution in [2.45, 2.75) is 0 Å². The van der Waals surface area contributed by atoms with Crippen LogP contribution in [0, 0.1) is 0 Å². The Bertz CT molecular complexity index is 1260. The fourth-order valence-electron chi connectivity index (χ4n) is 2.96. The number of benzene rings is 3. The zero-order chi connectivity index (χ0) is 23.2. The molecule has 0 unspecified atom stereocenters. The molecule has 3 aromatic rings. The van der Waals surface area contributed by atoms with Gasteiger partial charge in [-0.05, 0) is 54.1 Å². The van der Waals surface area contributed by atoms with Gasteiger partial charge in [0.25, 0.3) is 11.8 Å². The molecule has 0 atom stereocenters. The van der Waals surface area contributed by atoms with Gasteiger partial charge in [0, 0.05) is 15.6 Å². The number of amides is 2. The van der Waals surface area contributed by atoms with Crippen LogP contribution in [0.1, 0.15) is 21.5 Å². The molecule has 4 rings (SSSR count). The van der Waals surface area contributed by atoms with E-state index in [1.165, 1.54) is 18.4 Å². The minimum absolute atomic E-state index is 0.00436. The zero-order valence-electron chi connectivity index (χ0n) is 17.1. The summed E-state index contributed by atoms with van der Waals surface area (Å²) in [6.07, 6.45) is 2.80. The minimum Gasteiger partial charge on any atom is -0.507 e. The maximum Gasteiger partial charge on any atom is 0.287 e. The first-order valence-electron chi connectivity index (χ1n) is 9.79. The summed E-state index contributed by atoms with van der Waals surface area (Å²) in [6, 6.07) is 18.5. The molecule has 0 aromatic heterocycles. The molecule has 3 aromatic carbocycles. The summed E-state index contributed by atoms with van der Waals surface area (Å²) in [5, 5.41) is 16.4. The van der Waals surface area contributed by atoms with E-state index in [0.29, 0.717) is 28.2 Å². The lowest BCUT2D eigenvalue weighted by Gasteiger charge is -2.09. The summed E-state index contributed by atoms with van der Waals surface area (Å²) in [7, 11) is 0. The quantitative estimate of drug-likeness (QED) is 0.267. The van der Waals surface area contributed by atoms with Crippen molar-refractivity contribution in [2.75, 3.05) is 6.79 Å². The SMILES string of the molecule is O=C(NN=Cc1cc(Br)ccc1O)C(=Cc1ccc2c(c1)OCO2)NC(=O)c1ccccc1. The van der Waals surface area contributed by atoms with Crippen molar-refractivity contribution in [3.63, 3.8) is 0 Å². The van der Waals surface area contributed by atoms with Crippen LogP contribution in [0.4, 0.5) is 0 Å². The molecule has 0 bridgehead atoms. The Balaban J connectivity index is 1.57. The number of phenols is 1. The van der Waals surface area contributed by atoms with Gasteiger partial charge in [-0.2, -0.15) is 5.10 Å². The lowest BCUT2D eigenvalue weighted by molar-refractivity contribution is -0.117. The van der Waals surface area contributed by atoms with Crippen molar-refractivity contribution >= 4 is 40.0 Å². The van der Waals surface area contributed by atoms with Crippen molar-refractivity contribution in [3.8, 4) is 17.2 Å². The Morgan fingerprint density at radius 1 is 1.00 bits per heavy atom. The Hall–Kier alpha value is -4.11. The second kappa shape index (κ2) is 10.0. The molecule has 1 aliphatic heterocycles. The van der Waals surface area contributed by atoms with E-state index >= 15 is 0 Å². The van der Waals surface area contributed by atoms with Crippen molar-refractivity contribution in [3.05, 3.63) is 93.6 Å². The largest absolute Gasteiger partial charge is 0.507 e. The maximum atomic E-state index is 12.9. The standard InChI is InChI=1S/C24H18BrN3O5/c25-18-7-8-20(29)17(12-18)13-26-28-24(31)19(27-23(30)16-4-2-1-3-5-16)10-15-6-9-21-22(11-15)33-14-32-21/h1-13,29H,14H2,(H,27,30)(H,28,31). The predicted molar refractivity (Wildman–Crippen MR) is 126 cm³/mol. The molecule has 9 heteroatoms. The van der Waals surface area contributed by atoms with Gasteiger partial charge in [-0.1, -0.05) is 40.2 Å². The third kappa shape index (κ3) is 5.58. The number of phenolic OH excluding ortho intramolecular Hbond substituents is 1. The third-order valence-corrected chi connectivity index (χ3v) is 5.09. The molecule has 0 spiro atoms. The van der Waals surface area contributed by atoms with Gasteiger partial charge in [0.1, 0.15) is 11.4 Å². The topological polar surface area (TPSA) is 109 Å². The average molecular weight is 508 g/mol. The van der Waals surface area contributed by atoms with Crippen LogP contribution in [0.3, 0.4) is 0 Å². The number of hydrogen-bond donors (Lipinski definition) is 3. The van der Waals surface area contributed by atoms with E-state index in [2.05, 4.69) is 31.8 Å². The molecule has 0 radical (unpaired) electrons. The molecule has 1 aliphatic rings. The molecule has 0 saturated heterocycles. The summed E-state index contributed by atoms with van der Waals surface area (Å²) < 4.78 is 11.4. The third-order valence-electron chi connectivity index (χ3n) is 4.60. The number of halogens is 1. The summed E-state index contributed by atoms with van der Waals surface area (Å²) in [5.74, 6) is 0.0460. The van der Waals surface area contributed by atoms with Crippen LogP contribution >= 0.6 is 15.9 Å². The van der Waals surface area contributed by atoms with Crippen molar-refractivity contribution in [2.24, 2.45) is 5.10 Å². The van der Waals surface area contributed by atoms with Gasteiger partial charge in [-0.25, -0.2) is 5.43 Å². The Labute approximate surface area is 197 Å². The predicted octanol–water partition coefficient (Wildman–Crippen LogP) is 3.80. The van der Waals surface area contributed by atoms with Crippen LogP contribution < -0.4 is 20.2 Å². The number of aromatic hydroxyl groups is 1. The molecule has 0 fully saturated rings. The highest BCUT2D eigenvalue weighted by Gasteiger charge is 2.17. The van der Waals surface area contributed by atoms with Gasteiger partial charge in [0.15, 0.2) is 11.5 Å². The normalized spacial score (nSPS) is 12.6.